The highest BCUT2D eigenvalue weighted by atomic mass is 32.2. The Morgan fingerprint density at radius 1 is 0.971 bits per heavy atom. The minimum absolute atomic E-state index is 0.0294. The van der Waals surface area contributed by atoms with Crippen LogP contribution < -0.4 is 9.62 Å². The van der Waals surface area contributed by atoms with Crippen LogP contribution >= 0.6 is 0 Å². The van der Waals surface area contributed by atoms with Crippen LogP contribution in [-0.4, -0.2) is 50.0 Å². The van der Waals surface area contributed by atoms with Crippen LogP contribution in [0.25, 0.3) is 0 Å². The molecule has 0 aliphatic carbocycles. The van der Waals surface area contributed by atoms with E-state index in [2.05, 4.69) is 5.32 Å². The van der Waals surface area contributed by atoms with Crippen molar-refractivity contribution in [3.8, 4) is 0 Å². The van der Waals surface area contributed by atoms with Gasteiger partial charge in [0, 0.05) is 12.6 Å². The molecule has 0 heterocycles. The summed E-state index contributed by atoms with van der Waals surface area (Å²) in [6, 6.07) is 13.9. The fraction of sp³-hybridized carbons (Fsp3) is 0.462. The monoisotopic (exact) mass is 487 g/mol. The number of amides is 2. The number of anilines is 1. The van der Waals surface area contributed by atoms with Crippen molar-refractivity contribution in [1.29, 1.82) is 0 Å². The van der Waals surface area contributed by atoms with Gasteiger partial charge in [0.15, 0.2) is 0 Å². The number of aryl methyl sites for hydroxylation is 2. The van der Waals surface area contributed by atoms with Crippen molar-refractivity contribution in [2.75, 3.05) is 17.1 Å². The molecule has 0 radical (unpaired) electrons. The highest BCUT2D eigenvalue weighted by molar-refractivity contribution is 7.92. The summed E-state index contributed by atoms with van der Waals surface area (Å²) in [7, 11) is -3.74. The van der Waals surface area contributed by atoms with E-state index >= 15 is 0 Å². The summed E-state index contributed by atoms with van der Waals surface area (Å²) in [5.74, 6) is -0.670. The molecule has 0 saturated heterocycles. The third kappa shape index (κ3) is 7.32. The lowest BCUT2D eigenvalue weighted by Crippen LogP contribution is -2.53. The molecule has 2 aromatic rings. The van der Waals surface area contributed by atoms with Crippen molar-refractivity contribution in [3.05, 3.63) is 65.2 Å². The molecule has 186 valence electrons. The standard InChI is InChI=1S/C26H37N3O4S/c1-7-21(5)27-26(31)24(8-2)28(17-22-12-10-9-11-13-22)25(30)18-29(34(6,32)33)23-15-14-19(3)20(4)16-23/h9-16,21,24H,7-8,17-18H2,1-6H3,(H,27,31). The van der Waals surface area contributed by atoms with E-state index in [0.29, 0.717) is 12.1 Å². The number of rotatable bonds is 11. The zero-order valence-corrected chi connectivity index (χ0v) is 21.9. The maximum atomic E-state index is 13.6. The van der Waals surface area contributed by atoms with E-state index in [1.165, 1.54) is 4.90 Å². The predicted molar refractivity (Wildman–Crippen MR) is 137 cm³/mol. The molecule has 2 aromatic carbocycles. The van der Waals surface area contributed by atoms with Gasteiger partial charge in [-0.25, -0.2) is 8.42 Å². The van der Waals surface area contributed by atoms with Gasteiger partial charge in [-0.05, 0) is 62.4 Å². The first-order valence-electron chi connectivity index (χ1n) is 11.7. The summed E-state index contributed by atoms with van der Waals surface area (Å²) in [4.78, 5) is 28.2. The van der Waals surface area contributed by atoms with Gasteiger partial charge in [0.05, 0.1) is 11.9 Å². The second-order valence-electron chi connectivity index (χ2n) is 8.79. The molecule has 0 aliphatic heterocycles. The van der Waals surface area contributed by atoms with Crippen molar-refractivity contribution in [2.24, 2.45) is 0 Å². The molecule has 2 rings (SSSR count). The van der Waals surface area contributed by atoms with Gasteiger partial charge in [-0.1, -0.05) is 50.2 Å². The third-order valence-corrected chi connectivity index (χ3v) is 7.18. The molecule has 0 aliphatic rings. The van der Waals surface area contributed by atoms with Crippen molar-refractivity contribution >= 4 is 27.5 Å². The van der Waals surface area contributed by atoms with Gasteiger partial charge in [0.1, 0.15) is 12.6 Å². The average Bonchev–Trinajstić information content (AvgIpc) is 2.78. The fourth-order valence-electron chi connectivity index (χ4n) is 3.64. The molecule has 34 heavy (non-hydrogen) atoms. The predicted octanol–water partition coefficient (Wildman–Crippen LogP) is 3.79. The maximum Gasteiger partial charge on any atom is 0.244 e. The number of carbonyl (C=O) groups excluding carboxylic acids is 2. The van der Waals surface area contributed by atoms with E-state index in [0.717, 1.165) is 33.7 Å². The van der Waals surface area contributed by atoms with Gasteiger partial charge in [-0.2, -0.15) is 0 Å². The summed E-state index contributed by atoms with van der Waals surface area (Å²) in [6.45, 7) is 9.40. The molecule has 0 aromatic heterocycles. The normalized spacial score (nSPS) is 13.1. The Labute approximate surface area is 204 Å². The molecule has 0 bridgehead atoms. The molecule has 0 fully saturated rings. The Morgan fingerprint density at radius 3 is 2.15 bits per heavy atom. The van der Waals surface area contributed by atoms with E-state index in [1.54, 1.807) is 12.1 Å². The second kappa shape index (κ2) is 12.0. The zero-order chi connectivity index (χ0) is 25.5. The van der Waals surface area contributed by atoms with Crippen LogP contribution in [0.2, 0.25) is 0 Å². The van der Waals surface area contributed by atoms with Crippen LogP contribution in [0.1, 0.15) is 50.3 Å². The van der Waals surface area contributed by atoms with E-state index in [4.69, 9.17) is 0 Å². The first kappa shape index (κ1) is 27.4. The van der Waals surface area contributed by atoms with Crippen LogP contribution in [0.15, 0.2) is 48.5 Å². The first-order valence-corrected chi connectivity index (χ1v) is 13.5. The van der Waals surface area contributed by atoms with Gasteiger partial charge in [-0.3, -0.25) is 13.9 Å². The van der Waals surface area contributed by atoms with Gasteiger partial charge in [0.2, 0.25) is 21.8 Å². The SMILES string of the molecule is CCC(C)NC(=O)C(CC)N(Cc1ccccc1)C(=O)CN(c1ccc(C)c(C)c1)S(C)(=O)=O. The van der Waals surface area contributed by atoms with Crippen molar-refractivity contribution < 1.29 is 18.0 Å². The Balaban J connectivity index is 2.43. The molecular weight excluding hydrogens is 450 g/mol. The molecule has 0 saturated carbocycles. The average molecular weight is 488 g/mol. The van der Waals surface area contributed by atoms with E-state index in [9.17, 15) is 18.0 Å². The van der Waals surface area contributed by atoms with Gasteiger partial charge in [0.25, 0.3) is 0 Å². The molecule has 2 amide bonds. The first-order chi connectivity index (χ1) is 16.0. The topological polar surface area (TPSA) is 86.8 Å². The molecule has 7 nitrogen and oxygen atoms in total. The second-order valence-corrected chi connectivity index (χ2v) is 10.7. The Hall–Kier alpha value is -2.87. The van der Waals surface area contributed by atoms with E-state index < -0.39 is 22.0 Å². The number of sulfonamides is 1. The van der Waals surface area contributed by atoms with Crippen LogP contribution in [0.5, 0.6) is 0 Å². The lowest BCUT2D eigenvalue weighted by atomic mass is 10.1. The van der Waals surface area contributed by atoms with Crippen molar-refractivity contribution in [2.45, 2.75) is 66.1 Å². The van der Waals surface area contributed by atoms with Gasteiger partial charge < -0.3 is 10.2 Å². The Kier molecular flexibility index (Phi) is 9.67. The van der Waals surface area contributed by atoms with Crippen LogP contribution in [-0.2, 0) is 26.2 Å². The molecule has 2 atom stereocenters. The minimum atomic E-state index is -3.74. The molecule has 1 N–H and O–H groups in total. The maximum absolute atomic E-state index is 13.6. The molecule has 8 heteroatoms. The summed E-state index contributed by atoms with van der Waals surface area (Å²) in [6.07, 6.45) is 2.26. The number of hydrogen-bond acceptors (Lipinski definition) is 4. The summed E-state index contributed by atoms with van der Waals surface area (Å²) >= 11 is 0. The summed E-state index contributed by atoms with van der Waals surface area (Å²) < 4.78 is 26.5. The Morgan fingerprint density at radius 2 is 1.62 bits per heavy atom. The Bertz CT molecular complexity index is 1090. The van der Waals surface area contributed by atoms with E-state index in [-0.39, 0.29) is 25.0 Å². The van der Waals surface area contributed by atoms with Crippen LogP contribution in [0.3, 0.4) is 0 Å². The molecule has 2 unspecified atom stereocenters. The highest BCUT2D eigenvalue weighted by Gasteiger charge is 2.32. The third-order valence-electron chi connectivity index (χ3n) is 6.04. The zero-order valence-electron chi connectivity index (χ0n) is 21.0. The van der Waals surface area contributed by atoms with E-state index in [1.807, 2.05) is 71.0 Å². The number of hydrogen-bond donors (Lipinski definition) is 1. The number of nitrogens with one attached hydrogen (secondary N) is 1. The van der Waals surface area contributed by atoms with Gasteiger partial charge >= 0.3 is 0 Å². The van der Waals surface area contributed by atoms with Crippen LogP contribution in [0.4, 0.5) is 5.69 Å². The van der Waals surface area contributed by atoms with Crippen LogP contribution in [0, 0.1) is 13.8 Å². The fourth-order valence-corrected chi connectivity index (χ4v) is 4.48. The highest BCUT2D eigenvalue weighted by Crippen LogP contribution is 2.22. The summed E-state index contributed by atoms with van der Waals surface area (Å²) in [5.41, 5.74) is 3.25. The summed E-state index contributed by atoms with van der Waals surface area (Å²) in [5, 5.41) is 2.97. The van der Waals surface area contributed by atoms with Crippen molar-refractivity contribution in [3.63, 3.8) is 0 Å². The smallest absolute Gasteiger partial charge is 0.244 e. The quantitative estimate of drug-likeness (QED) is 0.522. The number of nitrogens with zero attached hydrogens (tertiary/aromatic N) is 2. The lowest BCUT2D eigenvalue weighted by molar-refractivity contribution is -0.140. The molecule has 0 spiro atoms. The number of benzene rings is 2. The lowest BCUT2D eigenvalue weighted by Gasteiger charge is -2.33. The van der Waals surface area contributed by atoms with Crippen molar-refractivity contribution in [1.82, 2.24) is 10.2 Å². The largest absolute Gasteiger partial charge is 0.352 e. The number of carbonyl (C=O) groups is 2. The minimum Gasteiger partial charge on any atom is -0.352 e. The van der Waals surface area contributed by atoms with Gasteiger partial charge in [-0.15, -0.1) is 0 Å². The molecular formula is C26H37N3O4S.